The van der Waals surface area contributed by atoms with Crippen molar-refractivity contribution >= 4 is 39.3 Å². The summed E-state index contributed by atoms with van der Waals surface area (Å²) in [5, 5.41) is 2.76. The van der Waals surface area contributed by atoms with E-state index in [1.165, 1.54) is 21.1 Å². The number of ketones is 1. The Bertz CT molecular complexity index is 955. The average molecular weight is 492 g/mol. The lowest BCUT2D eigenvalue weighted by atomic mass is 10.1. The zero-order valence-electron chi connectivity index (χ0n) is 18.2. The SMILES string of the molecule is COc1cc(Br)c(CC(=O)O[C@H](C)C(=O)c2ccc(NC(=O)C(C)C)cc2)cc1OC. The fraction of sp³-hybridized carbons (Fsp3) is 0.348. The Kier molecular flexibility index (Phi) is 8.62. The zero-order chi connectivity index (χ0) is 23.1. The van der Waals surface area contributed by atoms with Crippen LogP contribution in [-0.4, -0.2) is 38.0 Å². The zero-order valence-corrected chi connectivity index (χ0v) is 19.7. The summed E-state index contributed by atoms with van der Waals surface area (Å²) in [4.78, 5) is 36.8. The van der Waals surface area contributed by atoms with E-state index in [2.05, 4.69) is 21.2 Å². The molecule has 0 saturated heterocycles. The highest BCUT2D eigenvalue weighted by Crippen LogP contribution is 2.33. The number of hydrogen-bond donors (Lipinski definition) is 1. The molecule has 1 amide bonds. The van der Waals surface area contributed by atoms with Gasteiger partial charge in [-0.1, -0.05) is 29.8 Å². The Labute approximate surface area is 190 Å². The molecule has 0 bridgehead atoms. The fourth-order valence-corrected chi connectivity index (χ4v) is 3.18. The van der Waals surface area contributed by atoms with Crippen LogP contribution in [0.5, 0.6) is 11.5 Å². The van der Waals surface area contributed by atoms with Crippen LogP contribution in [0.25, 0.3) is 0 Å². The van der Waals surface area contributed by atoms with Gasteiger partial charge in [-0.05, 0) is 48.9 Å². The molecule has 0 spiro atoms. The highest BCUT2D eigenvalue weighted by molar-refractivity contribution is 9.10. The Balaban J connectivity index is 2.01. The molecule has 0 aliphatic rings. The minimum atomic E-state index is -0.956. The van der Waals surface area contributed by atoms with E-state index in [1.807, 2.05) is 0 Å². The van der Waals surface area contributed by atoms with Crippen molar-refractivity contribution in [2.24, 2.45) is 5.92 Å². The number of carbonyl (C=O) groups is 3. The van der Waals surface area contributed by atoms with E-state index in [9.17, 15) is 14.4 Å². The first-order valence-corrected chi connectivity index (χ1v) is 10.5. The van der Waals surface area contributed by atoms with Crippen LogP contribution < -0.4 is 14.8 Å². The number of nitrogens with one attached hydrogen (secondary N) is 1. The lowest BCUT2D eigenvalue weighted by Crippen LogP contribution is -2.25. The molecular formula is C23H26BrNO6. The van der Waals surface area contributed by atoms with Crippen molar-refractivity contribution in [2.75, 3.05) is 19.5 Å². The highest BCUT2D eigenvalue weighted by atomic mass is 79.9. The van der Waals surface area contributed by atoms with Gasteiger partial charge in [0, 0.05) is 21.6 Å². The van der Waals surface area contributed by atoms with Gasteiger partial charge in [-0.15, -0.1) is 0 Å². The molecule has 0 radical (unpaired) electrons. The molecule has 8 heteroatoms. The summed E-state index contributed by atoms with van der Waals surface area (Å²) >= 11 is 3.40. The summed E-state index contributed by atoms with van der Waals surface area (Å²) in [7, 11) is 3.03. The Hall–Kier alpha value is -2.87. The minimum absolute atomic E-state index is 0.0429. The number of hydrogen-bond acceptors (Lipinski definition) is 6. The lowest BCUT2D eigenvalue weighted by Gasteiger charge is -2.15. The van der Waals surface area contributed by atoms with Crippen molar-refractivity contribution in [3.05, 3.63) is 52.0 Å². The van der Waals surface area contributed by atoms with E-state index in [0.717, 1.165) is 0 Å². The Morgan fingerprint density at radius 1 is 0.968 bits per heavy atom. The van der Waals surface area contributed by atoms with Gasteiger partial charge in [0.15, 0.2) is 17.6 Å². The third-order valence-corrected chi connectivity index (χ3v) is 5.26. The first-order chi connectivity index (χ1) is 14.7. The molecule has 7 nitrogen and oxygen atoms in total. The summed E-state index contributed by atoms with van der Waals surface area (Å²) in [6.45, 7) is 5.12. The van der Waals surface area contributed by atoms with E-state index in [-0.39, 0.29) is 24.0 Å². The van der Waals surface area contributed by atoms with Gasteiger partial charge in [0.05, 0.1) is 20.6 Å². The molecule has 2 aromatic rings. The predicted octanol–water partition coefficient (Wildman–Crippen LogP) is 4.42. The third-order valence-electron chi connectivity index (χ3n) is 4.53. The maximum atomic E-state index is 12.6. The van der Waals surface area contributed by atoms with Crippen LogP contribution in [0, 0.1) is 5.92 Å². The predicted molar refractivity (Wildman–Crippen MR) is 121 cm³/mol. The highest BCUT2D eigenvalue weighted by Gasteiger charge is 2.21. The van der Waals surface area contributed by atoms with Crippen molar-refractivity contribution in [2.45, 2.75) is 33.3 Å². The summed E-state index contributed by atoms with van der Waals surface area (Å²) in [5.41, 5.74) is 1.63. The Morgan fingerprint density at radius 2 is 1.55 bits per heavy atom. The summed E-state index contributed by atoms with van der Waals surface area (Å²) in [6, 6.07) is 9.85. The molecule has 1 atom stereocenters. The van der Waals surface area contributed by atoms with Crippen LogP contribution in [-0.2, 0) is 20.7 Å². The molecule has 2 rings (SSSR count). The van der Waals surface area contributed by atoms with Crippen LogP contribution in [0.2, 0.25) is 0 Å². The van der Waals surface area contributed by atoms with Crippen LogP contribution in [0.3, 0.4) is 0 Å². The molecule has 0 unspecified atom stereocenters. The van der Waals surface area contributed by atoms with Gasteiger partial charge in [-0.3, -0.25) is 14.4 Å². The molecule has 0 aliphatic carbocycles. The monoisotopic (exact) mass is 491 g/mol. The van der Waals surface area contributed by atoms with Crippen molar-refractivity contribution in [3.63, 3.8) is 0 Å². The molecule has 0 fully saturated rings. The van der Waals surface area contributed by atoms with Crippen LogP contribution in [0.15, 0.2) is 40.9 Å². The van der Waals surface area contributed by atoms with Crippen LogP contribution in [0.1, 0.15) is 36.7 Å². The number of esters is 1. The quantitative estimate of drug-likeness (QED) is 0.412. The second kappa shape index (κ2) is 10.9. The van der Waals surface area contributed by atoms with E-state index < -0.39 is 12.1 Å². The smallest absolute Gasteiger partial charge is 0.311 e. The van der Waals surface area contributed by atoms with Crippen molar-refractivity contribution < 1.29 is 28.6 Å². The Morgan fingerprint density at radius 3 is 2.10 bits per heavy atom. The second-order valence-corrected chi connectivity index (χ2v) is 8.05. The third kappa shape index (κ3) is 6.55. The summed E-state index contributed by atoms with van der Waals surface area (Å²) < 4.78 is 16.5. The molecule has 0 aliphatic heterocycles. The van der Waals surface area contributed by atoms with Gasteiger partial charge < -0.3 is 19.5 Å². The normalized spacial score (nSPS) is 11.6. The fourth-order valence-electron chi connectivity index (χ4n) is 2.72. The maximum Gasteiger partial charge on any atom is 0.311 e. The molecule has 2 aromatic carbocycles. The van der Waals surface area contributed by atoms with Gasteiger partial charge in [0.25, 0.3) is 0 Å². The second-order valence-electron chi connectivity index (χ2n) is 7.19. The van der Waals surface area contributed by atoms with Gasteiger partial charge in [-0.25, -0.2) is 0 Å². The molecule has 0 saturated carbocycles. The summed E-state index contributed by atoms with van der Waals surface area (Å²) in [5.74, 6) is -0.115. The number of methoxy groups -OCH3 is 2. The largest absolute Gasteiger partial charge is 0.493 e. The van der Waals surface area contributed by atoms with Crippen molar-refractivity contribution in [3.8, 4) is 11.5 Å². The molecule has 31 heavy (non-hydrogen) atoms. The standard InChI is InChI=1S/C23H26BrNO6/c1-13(2)23(28)25-17-8-6-15(7-9-17)22(27)14(3)31-21(26)11-16-10-19(29-4)20(30-5)12-18(16)24/h6-10,12-14H,11H2,1-5H3,(H,25,28)/t14-/m1/s1. The van der Waals surface area contributed by atoms with E-state index >= 15 is 0 Å². The number of benzene rings is 2. The van der Waals surface area contributed by atoms with Gasteiger partial charge in [-0.2, -0.15) is 0 Å². The number of amides is 1. The molecule has 0 aromatic heterocycles. The van der Waals surface area contributed by atoms with Crippen molar-refractivity contribution in [1.29, 1.82) is 0 Å². The van der Waals surface area contributed by atoms with Gasteiger partial charge >= 0.3 is 5.97 Å². The van der Waals surface area contributed by atoms with Gasteiger partial charge in [0.2, 0.25) is 11.7 Å². The number of Topliss-reactive ketones (excluding diaryl/α,β-unsaturated/α-hetero) is 1. The number of halogens is 1. The number of ether oxygens (including phenoxy) is 3. The maximum absolute atomic E-state index is 12.6. The summed E-state index contributed by atoms with van der Waals surface area (Å²) in [6.07, 6.45) is -0.999. The molecule has 1 N–H and O–H groups in total. The first-order valence-electron chi connectivity index (χ1n) is 9.71. The van der Waals surface area contributed by atoms with Crippen molar-refractivity contribution in [1.82, 2.24) is 0 Å². The number of carbonyl (C=O) groups excluding carboxylic acids is 3. The molecule has 0 heterocycles. The van der Waals surface area contributed by atoms with E-state index in [1.54, 1.807) is 50.2 Å². The topological polar surface area (TPSA) is 90.9 Å². The van der Waals surface area contributed by atoms with E-state index in [0.29, 0.717) is 32.8 Å². The number of anilines is 1. The van der Waals surface area contributed by atoms with Crippen LogP contribution in [0.4, 0.5) is 5.69 Å². The van der Waals surface area contributed by atoms with E-state index in [4.69, 9.17) is 14.2 Å². The number of rotatable bonds is 9. The van der Waals surface area contributed by atoms with Crippen LogP contribution >= 0.6 is 15.9 Å². The minimum Gasteiger partial charge on any atom is -0.493 e. The molecule has 166 valence electrons. The average Bonchev–Trinajstić information content (AvgIpc) is 2.74. The first kappa shape index (κ1) is 24.4. The molecular weight excluding hydrogens is 466 g/mol. The lowest BCUT2D eigenvalue weighted by molar-refractivity contribution is -0.145. The van der Waals surface area contributed by atoms with Gasteiger partial charge in [0.1, 0.15) is 0 Å².